The Morgan fingerprint density at radius 2 is 1.73 bits per heavy atom. The molecule has 1 aromatic heterocycles. The van der Waals surface area contributed by atoms with E-state index >= 15 is 0 Å². The number of carbonyl (C=O) groups is 2. The number of halogens is 5. The Labute approximate surface area is 168 Å². The maximum Gasteiger partial charge on any atom is 0.310 e. The van der Waals surface area contributed by atoms with Crippen LogP contribution in [0, 0.1) is 0 Å². The van der Waals surface area contributed by atoms with Crippen LogP contribution in [-0.2, 0) is 9.59 Å². The first-order valence-corrected chi connectivity index (χ1v) is 10.6. The quantitative estimate of drug-likeness (QED) is 0.605. The van der Waals surface area contributed by atoms with Crippen LogP contribution in [-0.4, -0.2) is 27.8 Å². The molecule has 2 aromatic rings. The topological polar surface area (TPSA) is 96.0 Å². The number of aromatic nitrogens is 2. The van der Waals surface area contributed by atoms with E-state index in [1.807, 2.05) is 0 Å². The van der Waals surface area contributed by atoms with Gasteiger partial charge in [-0.1, -0.05) is 31.6 Å². The molecule has 1 fully saturated rings. The van der Waals surface area contributed by atoms with Crippen molar-refractivity contribution in [3.05, 3.63) is 54.1 Å². The van der Waals surface area contributed by atoms with Crippen molar-refractivity contribution in [2.45, 2.75) is 36.5 Å². The molecule has 30 heavy (non-hydrogen) atoms. The Balaban J connectivity index is 1.69. The molecule has 0 spiro atoms. The van der Waals surface area contributed by atoms with Crippen LogP contribution in [0.1, 0.15) is 36.9 Å². The van der Waals surface area contributed by atoms with Gasteiger partial charge in [-0.3, -0.25) is 14.9 Å². The summed E-state index contributed by atoms with van der Waals surface area (Å²) in [5, 5.41) is 8.04. The zero-order valence-corrected chi connectivity index (χ0v) is 16.3. The molecule has 1 saturated heterocycles. The van der Waals surface area contributed by atoms with E-state index < -0.39 is 45.2 Å². The number of amides is 2. The Morgan fingerprint density at radius 1 is 1.13 bits per heavy atom. The number of nitrogens with zero attached hydrogens (tertiary/aromatic N) is 2. The molecule has 1 aliphatic rings. The second-order valence-corrected chi connectivity index (χ2v) is 9.21. The molecule has 7 nitrogen and oxygen atoms in total. The molecule has 3 atom stereocenters. The molecule has 3 rings (SSSR count). The summed E-state index contributed by atoms with van der Waals surface area (Å²) in [4.78, 5) is 30.5. The summed E-state index contributed by atoms with van der Waals surface area (Å²) in [6.07, 6.45) is 1.97. The molecule has 1 aromatic carbocycles. The monoisotopic (exact) mass is 451 g/mol. The summed E-state index contributed by atoms with van der Waals surface area (Å²) >= 11 is 0. The SMILES string of the molecule is C[C@@H](NC(=O)C1CC(=O)NC(c2ncccn2)N1)c1ccc(S(F)(F)(F)(F)F)cc1. The van der Waals surface area contributed by atoms with Gasteiger partial charge in [0.2, 0.25) is 11.8 Å². The van der Waals surface area contributed by atoms with Gasteiger partial charge in [0.05, 0.1) is 18.5 Å². The molecule has 0 bridgehead atoms. The fourth-order valence-corrected chi connectivity index (χ4v) is 3.54. The van der Waals surface area contributed by atoms with Gasteiger partial charge in [-0.15, -0.1) is 0 Å². The van der Waals surface area contributed by atoms with Gasteiger partial charge in [-0.05, 0) is 30.7 Å². The van der Waals surface area contributed by atoms with Crippen molar-refractivity contribution < 1.29 is 29.0 Å². The fourth-order valence-electron chi connectivity index (χ4n) is 2.89. The van der Waals surface area contributed by atoms with E-state index in [2.05, 4.69) is 25.9 Å². The van der Waals surface area contributed by atoms with Crippen molar-refractivity contribution in [2.75, 3.05) is 0 Å². The number of nitrogens with one attached hydrogen (secondary N) is 3. The zero-order valence-electron chi connectivity index (χ0n) is 15.5. The lowest BCUT2D eigenvalue weighted by atomic mass is 10.1. The molecule has 0 saturated carbocycles. The molecule has 164 valence electrons. The average molecular weight is 451 g/mol. The fraction of sp³-hybridized carbons (Fsp3) is 0.294. The first-order chi connectivity index (χ1) is 13.7. The highest BCUT2D eigenvalue weighted by Crippen LogP contribution is 3.02. The summed E-state index contributed by atoms with van der Waals surface area (Å²) in [5.41, 5.74) is 0.192. The maximum atomic E-state index is 12.8. The normalized spacial score (nSPS) is 22.9. The number of carbonyl (C=O) groups excluding carboxylic acids is 2. The van der Waals surface area contributed by atoms with Crippen molar-refractivity contribution in [3.63, 3.8) is 0 Å². The summed E-state index contributed by atoms with van der Waals surface area (Å²) in [6, 6.07) is 2.17. The minimum absolute atomic E-state index is 0.176. The third-order valence-corrected chi connectivity index (χ3v) is 5.57. The molecule has 3 N–H and O–H groups in total. The maximum absolute atomic E-state index is 12.8. The third-order valence-electron chi connectivity index (χ3n) is 4.41. The van der Waals surface area contributed by atoms with Crippen molar-refractivity contribution in [1.29, 1.82) is 0 Å². The number of hydrogen-bond acceptors (Lipinski definition) is 5. The van der Waals surface area contributed by atoms with Crippen LogP contribution < -0.4 is 16.0 Å². The zero-order chi connectivity index (χ0) is 22.2. The second kappa shape index (κ2) is 6.87. The van der Waals surface area contributed by atoms with E-state index in [4.69, 9.17) is 0 Å². The van der Waals surface area contributed by atoms with Gasteiger partial charge < -0.3 is 10.6 Å². The van der Waals surface area contributed by atoms with Crippen molar-refractivity contribution >= 4 is 22.0 Å². The minimum atomic E-state index is -9.76. The molecular formula is C17H18F5N5O2S. The predicted octanol–water partition coefficient (Wildman–Crippen LogP) is 3.49. The lowest BCUT2D eigenvalue weighted by molar-refractivity contribution is -0.132. The summed E-state index contributed by atoms with van der Waals surface area (Å²) in [5.74, 6) is -0.753. The molecular weight excluding hydrogens is 433 g/mol. The summed E-state index contributed by atoms with van der Waals surface area (Å²) in [7, 11) is -9.76. The highest BCUT2D eigenvalue weighted by atomic mass is 32.5. The number of benzene rings is 1. The minimum Gasteiger partial charge on any atom is -0.348 e. The molecule has 0 radical (unpaired) electrons. The standard InChI is InChI=1S/C17H18F5N5O2S/c1-10(11-3-5-12(6-4-11)30(18,19,20,21)22)25-17(29)13-9-14(28)27-16(26-13)15-23-7-2-8-24-15/h2-8,10,13,16,26H,9H2,1H3,(H,25,29)(H,27,28)/t10-,13?,16?/m1/s1. The van der Waals surface area contributed by atoms with E-state index in [0.29, 0.717) is 0 Å². The molecule has 0 aliphatic carbocycles. The third kappa shape index (κ3) is 5.21. The molecule has 13 heteroatoms. The van der Waals surface area contributed by atoms with E-state index in [1.165, 1.54) is 19.3 Å². The lowest BCUT2D eigenvalue weighted by Crippen LogP contribution is -2.56. The average Bonchev–Trinajstić information content (AvgIpc) is 2.66. The number of hydrogen-bond donors (Lipinski definition) is 3. The first kappa shape index (κ1) is 21.9. The Hall–Kier alpha value is -2.80. The Kier molecular flexibility index (Phi) is 5.02. The van der Waals surface area contributed by atoms with Gasteiger partial charge >= 0.3 is 10.2 Å². The lowest BCUT2D eigenvalue weighted by Gasteiger charge is -2.40. The molecule has 1 aliphatic heterocycles. The highest BCUT2D eigenvalue weighted by Gasteiger charge is 2.65. The van der Waals surface area contributed by atoms with Crippen molar-refractivity contribution in [1.82, 2.24) is 25.9 Å². The van der Waals surface area contributed by atoms with E-state index in [1.54, 1.807) is 6.07 Å². The number of rotatable bonds is 5. The highest BCUT2D eigenvalue weighted by molar-refractivity contribution is 8.45. The van der Waals surface area contributed by atoms with Crippen molar-refractivity contribution in [2.24, 2.45) is 0 Å². The van der Waals surface area contributed by atoms with E-state index in [0.717, 1.165) is 12.1 Å². The largest absolute Gasteiger partial charge is 0.348 e. The van der Waals surface area contributed by atoms with Gasteiger partial charge in [0.1, 0.15) is 11.1 Å². The van der Waals surface area contributed by atoms with Crippen molar-refractivity contribution in [3.8, 4) is 0 Å². The van der Waals surface area contributed by atoms with Gasteiger partial charge in [0.25, 0.3) is 0 Å². The Morgan fingerprint density at radius 3 is 2.30 bits per heavy atom. The van der Waals surface area contributed by atoms with E-state index in [-0.39, 0.29) is 29.9 Å². The van der Waals surface area contributed by atoms with Crippen LogP contribution in [0.4, 0.5) is 19.4 Å². The molecule has 2 heterocycles. The summed E-state index contributed by atoms with van der Waals surface area (Å²) in [6.45, 7) is 1.48. The molecule has 2 amide bonds. The van der Waals surface area contributed by atoms with Crippen LogP contribution in [0.5, 0.6) is 0 Å². The smallest absolute Gasteiger partial charge is 0.310 e. The van der Waals surface area contributed by atoms with Gasteiger partial charge in [0, 0.05) is 12.4 Å². The van der Waals surface area contributed by atoms with Gasteiger partial charge in [-0.2, -0.15) is 0 Å². The predicted molar refractivity (Wildman–Crippen MR) is 98.9 cm³/mol. The molecule has 2 unspecified atom stereocenters. The first-order valence-electron chi connectivity index (χ1n) is 8.70. The van der Waals surface area contributed by atoms with E-state index in [9.17, 15) is 29.0 Å². The van der Waals surface area contributed by atoms with Crippen LogP contribution in [0.3, 0.4) is 0 Å². The summed E-state index contributed by atoms with van der Waals surface area (Å²) < 4.78 is 64.1. The Bertz CT molecular complexity index is 957. The van der Waals surface area contributed by atoms with Crippen LogP contribution in [0.15, 0.2) is 47.6 Å². The van der Waals surface area contributed by atoms with Crippen LogP contribution >= 0.6 is 10.2 Å². The van der Waals surface area contributed by atoms with Gasteiger partial charge in [0.15, 0.2) is 5.82 Å². The second-order valence-electron chi connectivity index (χ2n) is 6.80. The van der Waals surface area contributed by atoms with Crippen LogP contribution in [0.25, 0.3) is 0 Å². The van der Waals surface area contributed by atoms with Crippen LogP contribution in [0.2, 0.25) is 0 Å². The van der Waals surface area contributed by atoms with Gasteiger partial charge in [-0.25, -0.2) is 9.97 Å².